The highest BCUT2D eigenvalue weighted by Gasteiger charge is 2.17. The Balaban J connectivity index is 1.77. The van der Waals surface area contributed by atoms with Gasteiger partial charge in [-0.3, -0.25) is 0 Å². The summed E-state index contributed by atoms with van der Waals surface area (Å²) in [6, 6.07) is 9.15. The molecule has 0 fully saturated rings. The zero-order valence-electron chi connectivity index (χ0n) is 11.4. The van der Waals surface area contributed by atoms with Crippen LogP contribution < -0.4 is 10.2 Å². The first-order valence-electron chi connectivity index (χ1n) is 6.67. The molecular formula is C14H19N5. The van der Waals surface area contributed by atoms with E-state index >= 15 is 0 Å². The van der Waals surface area contributed by atoms with Crippen LogP contribution in [0.5, 0.6) is 0 Å². The molecule has 1 unspecified atom stereocenters. The fourth-order valence-electron chi connectivity index (χ4n) is 2.43. The summed E-state index contributed by atoms with van der Waals surface area (Å²) in [4.78, 5) is 2.35. The normalized spacial score (nSPS) is 16.2. The second kappa shape index (κ2) is 5.01. The molecule has 0 bridgehead atoms. The molecule has 3 rings (SSSR count). The monoisotopic (exact) mass is 257 g/mol. The summed E-state index contributed by atoms with van der Waals surface area (Å²) in [5.41, 5.74) is 2.56. The number of fused-ring (bicyclic) bond motifs is 1. The zero-order valence-corrected chi connectivity index (χ0v) is 11.4. The number of hydrogen-bond acceptors (Lipinski definition) is 4. The molecule has 2 aromatic rings. The van der Waals surface area contributed by atoms with Gasteiger partial charge in [-0.1, -0.05) is 12.1 Å². The van der Waals surface area contributed by atoms with Gasteiger partial charge in [-0.2, -0.15) is 0 Å². The van der Waals surface area contributed by atoms with Gasteiger partial charge in [0, 0.05) is 24.8 Å². The van der Waals surface area contributed by atoms with Crippen LogP contribution in [0.1, 0.15) is 24.4 Å². The molecule has 1 N–H and O–H groups in total. The predicted molar refractivity (Wildman–Crippen MR) is 75.0 cm³/mol. The molecule has 100 valence electrons. The SMILES string of the molecule is CNC(C)c1ccc(N2CCn3cnnc3C2)cc1. The maximum absolute atomic E-state index is 4.15. The molecule has 19 heavy (non-hydrogen) atoms. The van der Waals surface area contributed by atoms with Crippen molar-refractivity contribution in [3.05, 3.63) is 42.0 Å². The van der Waals surface area contributed by atoms with Gasteiger partial charge in [0.2, 0.25) is 0 Å². The van der Waals surface area contributed by atoms with Crippen LogP contribution in [0.4, 0.5) is 5.69 Å². The summed E-state index contributed by atoms with van der Waals surface area (Å²) < 4.78 is 2.12. The Labute approximate surface area is 113 Å². The van der Waals surface area contributed by atoms with Crippen LogP contribution in [0.25, 0.3) is 0 Å². The minimum atomic E-state index is 0.388. The van der Waals surface area contributed by atoms with E-state index < -0.39 is 0 Å². The Hall–Kier alpha value is -1.88. The summed E-state index contributed by atoms with van der Waals surface area (Å²) in [5.74, 6) is 1.04. The van der Waals surface area contributed by atoms with E-state index in [9.17, 15) is 0 Å². The van der Waals surface area contributed by atoms with Crippen molar-refractivity contribution in [1.82, 2.24) is 20.1 Å². The maximum atomic E-state index is 4.15. The summed E-state index contributed by atoms with van der Waals surface area (Å²) in [6.45, 7) is 4.96. The van der Waals surface area contributed by atoms with Crippen molar-refractivity contribution in [2.75, 3.05) is 18.5 Å². The number of aromatic nitrogens is 3. The first kappa shape index (κ1) is 12.2. The lowest BCUT2D eigenvalue weighted by Gasteiger charge is -2.29. The molecule has 1 aromatic carbocycles. The van der Waals surface area contributed by atoms with Gasteiger partial charge in [0.05, 0.1) is 6.54 Å². The fraction of sp³-hybridized carbons (Fsp3) is 0.429. The summed E-state index contributed by atoms with van der Waals surface area (Å²) >= 11 is 0. The molecule has 1 aliphatic rings. The fourth-order valence-corrected chi connectivity index (χ4v) is 2.43. The van der Waals surface area contributed by atoms with Crippen LogP contribution in [-0.2, 0) is 13.1 Å². The van der Waals surface area contributed by atoms with Crippen LogP contribution >= 0.6 is 0 Å². The van der Waals surface area contributed by atoms with Crippen molar-refractivity contribution in [2.24, 2.45) is 0 Å². The molecule has 0 aliphatic carbocycles. The summed E-state index contributed by atoms with van der Waals surface area (Å²) in [5, 5.41) is 11.4. The lowest BCUT2D eigenvalue weighted by Crippen LogP contribution is -2.33. The van der Waals surface area contributed by atoms with Crippen molar-refractivity contribution in [3.63, 3.8) is 0 Å². The molecule has 1 atom stereocenters. The first-order valence-corrected chi connectivity index (χ1v) is 6.67. The third kappa shape index (κ3) is 2.33. The predicted octanol–water partition coefficient (Wildman–Crippen LogP) is 1.58. The topological polar surface area (TPSA) is 46.0 Å². The van der Waals surface area contributed by atoms with Gasteiger partial charge in [0.1, 0.15) is 6.33 Å². The molecule has 0 saturated carbocycles. The van der Waals surface area contributed by atoms with E-state index in [1.54, 1.807) is 0 Å². The van der Waals surface area contributed by atoms with E-state index in [-0.39, 0.29) is 0 Å². The molecule has 5 nitrogen and oxygen atoms in total. The molecule has 1 aliphatic heterocycles. The average molecular weight is 257 g/mol. The Kier molecular flexibility index (Phi) is 3.21. The Morgan fingerprint density at radius 2 is 2.00 bits per heavy atom. The third-order valence-electron chi connectivity index (χ3n) is 3.83. The molecule has 0 amide bonds. The standard InChI is InChI=1S/C14H19N5/c1-11(15-2)12-3-5-13(6-4-12)18-7-8-19-10-16-17-14(19)9-18/h3-6,10-11,15H,7-9H2,1-2H3. The number of nitrogens with one attached hydrogen (secondary N) is 1. The number of anilines is 1. The second-order valence-corrected chi connectivity index (χ2v) is 4.96. The highest BCUT2D eigenvalue weighted by molar-refractivity contribution is 5.48. The summed E-state index contributed by atoms with van der Waals surface area (Å²) in [6.07, 6.45) is 1.81. The Bertz CT molecular complexity index is 545. The molecule has 0 spiro atoms. The zero-order chi connectivity index (χ0) is 13.2. The quantitative estimate of drug-likeness (QED) is 0.907. The van der Waals surface area contributed by atoms with Gasteiger partial charge in [0.25, 0.3) is 0 Å². The van der Waals surface area contributed by atoms with E-state index in [0.717, 1.165) is 25.5 Å². The highest BCUT2D eigenvalue weighted by atomic mass is 15.3. The Morgan fingerprint density at radius 3 is 2.74 bits per heavy atom. The average Bonchev–Trinajstić information content (AvgIpc) is 2.94. The van der Waals surface area contributed by atoms with E-state index in [1.807, 2.05) is 13.4 Å². The van der Waals surface area contributed by atoms with E-state index in [0.29, 0.717) is 6.04 Å². The highest BCUT2D eigenvalue weighted by Crippen LogP contribution is 2.22. The number of rotatable bonds is 3. The molecular weight excluding hydrogens is 238 g/mol. The molecule has 0 radical (unpaired) electrons. The molecule has 5 heteroatoms. The number of benzene rings is 1. The lowest BCUT2D eigenvalue weighted by molar-refractivity contribution is 0.560. The van der Waals surface area contributed by atoms with Gasteiger partial charge in [0.15, 0.2) is 5.82 Å². The third-order valence-corrected chi connectivity index (χ3v) is 3.83. The van der Waals surface area contributed by atoms with Crippen LogP contribution in [0.2, 0.25) is 0 Å². The van der Waals surface area contributed by atoms with E-state index in [4.69, 9.17) is 0 Å². The largest absolute Gasteiger partial charge is 0.362 e. The van der Waals surface area contributed by atoms with Crippen molar-refractivity contribution in [3.8, 4) is 0 Å². The lowest BCUT2D eigenvalue weighted by atomic mass is 10.1. The van der Waals surface area contributed by atoms with E-state index in [1.165, 1.54) is 11.3 Å². The summed E-state index contributed by atoms with van der Waals surface area (Å²) in [7, 11) is 1.98. The maximum Gasteiger partial charge on any atom is 0.152 e. The van der Waals surface area contributed by atoms with Gasteiger partial charge >= 0.3 is 0 Å². The molecule has 2 heterocycles. The van der Waals surface area contributed by atoms with Crippen molar-refractivity contribution < 1.29 is 0 Å². The van der Waals surface area contributed by atoms with Crippen LogP contribution in [-0.4, -0.2) is 28.4 Å². The van der Waals surface area contributed by atoms with Crippen LogP contribution in [0, 0.1) is 0 Å². The van der Waals surface area contributed by atoms with Gasteiger partial charge in [-0.15, -0.1) is 10.2 Å². The van der Waals surface area contributed by atoms with Crippen LogP contribution in [0.3, 0.4) is 0 Å². The van der Waals surface area contributed by atoms with Gasteiger partial charge in [-0.25, -0.2) is 0 Å². The van der Waals surface area contributed by atoms with E-state index in [2.05, 4.69) is 56.2 Å². The number of nitrogens with zero attached hydrogens (tertiary/aromatic N) is 4. The first-order chi connectivity index (χ1) is 9.28. The number of hydrogen-bond donors (Lipinski definition) is 1. The van der Waals surface area contributed by atoms with Crippen LogP contribution in [0.15, 0.2) is 30.6 Å². The van der Waals surface area contributed by atoms with Crippen molar-refractivity contribution in [2.45, 2.75) is 26.1 Å². The minimum absolute atomic E-state index is 0.388. The Morgan fingerprint density at radius 1 is 1.21 bits per heavy atom. The minimum Gasteiger partial charge on any atom is -0.362 e. The molecule has 0 saturated heterocycles. The van der Waals surface area contributed by atoms with Gasteiger partial charge < -0.3 is 14.8 Å². The van der Waals surface area contributed by atoms with Gasteiger partial charge in [-0.05, 0) is 31.7 Å². The smallest absolute Gasteiger partial charge is 0.152 e. The second-order valence-electron chi connectivity index (χ2n) is 4.96. The van der Waals surface area contributed by atoms with Crippen molar-refractivity contribution in [1.29, 1.82) is 0 Å². The van der Waals surface area contributed by atoms with Crippen molar-refractivity contribution >= 4 is 5.69 Å². The molecule has 1 aromatic heterocycles.